The van der Waals surface area contributed by atoms with Gasteiger partial charge in [0.1, 0.15) is 18.1 Å². The van der Waals surface area contributed by atoms with Crippen LogP contribution in [0.25, 0.3) is 0 Å². The summed E-state index contributed by atoms with van der Waals surface area (Å²) in [5.74, 6) is -5.87. The summed E-state index contributed by atoms with van der Waals surface area (Å²) in [6.07, 6.45) is -0.114. The number of halogens is 3. The fraction of sp³-hybridized carbons (Fsp3) is 0.643. The number of carboxylic acids is 1. The van der Waals surface area contributed by atoms with E-state index in [-0.39, 0.29) is 37.7 Å². The number of likely N-dealkylation sites (tertiary alicyclic amines) is 1. The number of alkyl halides is 3. The molecule has 0 spiro atoms. The van der Waals surface area contributed by atoms with E-state index in [9.17, 15) is 41.9 Å². The van der Waals surface area contributed by atoms with Gasteiger partial charge in [0.25, 0.3) is 0 Å². The Morgan fingerprint density at radius 2 is 1.65 bits per heavy atom. The van der Waals surface area contributed by atoms with Crippen LogP contribution in [-0.4, -0.2) is 107 Å². The van der Waals surface area contributed by atoms with Crippen LogP contribution in [0.1, 0.15) is 65.7 Å². The minimum atomic E-state index is -5.08. The summed E-state index contributed by atoms with van der Waals surface area (Å²) in [6.45, 7) is 5.47. The highest BCUT2D eigenvalue weighted by molar-refractivity contribution is 5.94. The summed E-state index contributed by atoms with van der Waals surface area (Å²) < 4.78 is 36.6. The molecular weight excluding hydrogens is 649 g/mol. The first-order chi connectivity index (χ1) is 22.3. The SMILES string of the molecule is CCOC(=O)/C=C/[C@H](CCC(N)=O)NC(=O)[C@H](CCCCN=C(N)N)NC(=O)[C@H](C)NC(=O)[C@@H]1CCCN1C(C)=O.O=C(O)C(F)(F)F. The third-order valence-corrected chi connectivity index (χ3v) is 6.56. The number of carbonyl (C=O) groups is 7. The maximum atomic E-state index is 13.3. The molecule has 0 unspecified atom stereocenters. The second-order valence-electron chi connectivity index (χ2n) is 10.5. The number of primary amides is 1. The van der Waals surface area contributed by atoms with Gasteiger partial charge in [-0.05, 0) is 52.4 Å². The van der Waals surface area contributed by atoms with Crippen molar-refractivity contribution < 1.29 is 56.6 Å². The van der Waals surface area contributed by atoms with Crippen molar-refractivity contribution in [1.29, 1.82) is 0 Å². The minimum absolute atomic E-state index is 0.0604. The zero-order valence-electron chi connectivity index (χ0n) is 27.0. The predicted octanol–water partition coefficient (Wildman–Crippen LogP) is -1.07. The lowest BCUT2D eigenvalue weighted by Gasteiger charge is -2.26. The summed E-state index contributed by atoms with van der Waals surface area (Å²) >= 11 is 0. The zero-order chi connectivity index (χ0) is 37.0. The lowest BCUT2D eigenvalue weighted by molar-refractivity contribution is -0.192. The highest BCUT2D eigenvalue weighted by Crippen LogP contribution is 2.17. The molecule has 1 aliphatic rings. The Morgan fingerprint density at radius 1 is 1.02 bits per heavy atom. The van der Waals surface area contributed by atoms with Crippen molar-refractivity contribution in [1.82, 2.24) is 20.9 Å². The van der Waals surface area contributed by atoms with E-state index >= 15 is 0 Å². The summed E-state index contributed by atoms with van der Waals surface area (Å²) in [6, 6.07) is -3.43. The van der Waals surface area contributed by atoms with Gasteiger partial charge in [-0.3, -0.25) is 29.0 Å². The standard InChI is InChI=1S/C26H44N8O7.C2HF3O2/c1-4-41-22(37)13-11-18(10-12-21(27)36)32-24(39)19(8-5-6-14-30-26(28)29)33-23(38)16(2)31-25(40)20-9-7-15-34(20)17(3)35;3-2(4,5)1(6)7/h11,13,16,18-20H,4-10,12,14-15H2,1-3H3,(H2,27,36)(H,31,40)(H,32,39)(H,33,38)(H4,28,29,30);(H,6,7)/b13-11+;/t16-,18-,19-,20-;/m0./s1. The number of hydrogen-bond donors (Lipinski definition) is 7. The molecule has 1 fully saturated rings. The fourth-order valence-corrected chi connectivity index (χ4v) is 4.21. The van der Waals surface area contributed by atoms with Crippen LogP contribution in [0.5, 0.6) is 0 Å². The van der Waals surface area contributed by atoms with Crippen LogP contribution in [-0.2, 0) is 38.3 Å². The Balaban J connectivity index is 0.00000282. The Hall–Kier alpha value is -4.91. The third-order valence-electron chi connectivity index (χ3n) is 6.56. The average molecular weight is 695 g/mol. The number of guanidine groups is 1. The first-order valence-electron chi connectivity index (χ1n) is 15.0. The Labute approximate surface area is 275 Å². The number of carbonyl (C=O) groups excluding carboxylic acids is 6. The summed E-state index contributed by atoms with van der Waals surface area (Å²) in [5, 5.41) is 15.1. The molecular formula is C28H45F3N8O9. The number of rotatable bonds is 17. The van der Waals surface area contributed by atoms with Gasteiger partial charge < -0.3 is 47.9 Å². The van der Waals surface area contributed by atoms with Gasteiger partial charge >= 0.3 is 18.1 Å². The van der Waals surface area contributed by atoms with Crippen molar-refractivity contribution >= 4 is 47.4 Å². The molecule has 10 N–H and O–H groups in total. The summed E-state index contributed by atoms with van der Waals surface area (Å²) in [7, 11) is 0. The highest BCUT2D eigenvalue weighted by Gasteiger charge is 2.38. The molecule has 0 bridgehead atoms. The first kappa shape index (κ1) is 43.1. The molecule has 0 aliphatic carbocycles. The van der Waals surface area contributed by atoms with Gasteiger partial charge in [0, 0.05) is 38.6 Å². The molecule has 1 rings (SSSR count). The van der Waals surface area contributed by atoms with Crippen molar-refractivity contribution in [2.45, 2.75) is 96.1 Å². The molecule has 20 heteroatoms. The van der Waals surface area contributed by atoms with Crippen molar-refractivity contribution in [2.75, 3.05) is 19.7 Å². The molecule has 1 heterocycles. The van der Waals surface area contributed by atoms with Gasteiger partial charge in [-0.2, -0.15) is 13.2 Å². The Kier molecular flexibility index (Phi) is 19.6. The Morgan fingerprint density at radius 3 is 2.17 bits per heavy atom. The number of nitrogens with zero attached hydrogens (tertiary/aromatic N) is 2. The molecule has 0 aromatic carbocycles. The summed E-state index contributed by atoms with van der Waals surface area (Å²) in [4.78, 5) is 88.2. The second-order valence-corrected chi connectivity index (χ2v) is 10.5. The van der Waals surface area contributed by atoms with E-state index in [1.54, 1.807) is 6.92 Å². The molecule has 0 aromatic rings. The number of nitrogens with two attached hydrogens (primary N) is 3. The van der Waals surface area contributed by atoms with E-state index in [1.807, 2.05) is 0 Å². The van der Waals surface area contributed by atoms with E-state index < -0.39 is 65.9 Å². The van der Waals surface area contributed by atoms with Crippen LogP contribution in [0, 0.1) is 0 Å². The molecule has 4 atom stereocenters. The van der Waals surface area contributed by atoms with Gasteiger partial charge in [0.2, 0.25) is 29.5 Å². The van der Waals surface area contributed by atoms with Gasteiger partial charge in [-0.15, -0.1) is 0 Å². The molecule has 0 saturated carbocycles. The third kappa shape index (κ3) is 18.3. The van der Waals surface area contributed by atoms with Gasteiger partial charge in [-0.1, -0.05) is 6.08 Å². The van der Waals surface area contributed by atoms with E-state index in [1.165, 1.54) is 24.8 Å². The number of carboxylic acid groups (broad SMARTS) is 1. The smallest absolute Gasteiger partial charge is 0.475 e. The van der Waals surface area contributed by atoms with Crippen LogP contribution in [0.15, 0.2) is 17.1 Å². The molecule has 1 saturated heterocycles. The molecule has 0 radical (unpaired) electrons. The average Bonchev–Trinajstić information content (AvgIpc) is 3.48. The van der Waals surface area contributed by atoms with E-state index in [2.05, 4.69) is 20.9 Å². The molecule has 5 amide bonds. The van der Waals surface area contributed by atoms with Crippen LogP contribution >= 0.6 is 0 Å². The molecule has 272 valence electrons. The predicted molar refractivity (Wildman–Crippen MR) is 164 cm³/mol. The number of aliphatic carboxylic acids is 1. The van der Waals surface area contributed by atoms with Crippen LogP contribution in [0.4, 0.5) is 13.2 Å². The van der Waals surface area contributed by atoms with Crippen LogP contribution < -0.4 is 33.2 Å². The summed E-state index contributed by atoms with van der Waals surface area (Å²) in [5.41, 5.74) is 15.9. The number of nitrogens with one attached hydrogen (secondary N) is 3. The topological polar surface area (TPSA) is 279 Å². The lowest BCUT2D eigenvalue weighted by Crippen LogP contribution is -2.56. The number of ether oxygens (including phenoxy) is 1. The number of unbranched alkanes of at least 4 members (excludes halogenated alkanes) is 1. The van der Waals surface area contributed by atoms with E-state index in [4.69, 9.17) is 31.8 Å². The molecule has 1 aliphatic heterocycles. The first-order valence-corrected chi connectivity index (χ1v) is 15.0. The molecule has 0 aromatic heterocycles. The number of esters is 1. The van der Waals surface area contributed by atoms with Gasteiger partial charge in [0.15, 0.2) is 5.96 Å². The fourth-order valence-electron chi connectivity index (χ4n) is 4.21. The Bertz CT molecular complexity index is 1190. The van der Waals surface area contributed by atoms with Gasteiger partial charge in [0.05, 0.1) is 6.61 Å². The molecule has 17 nitrogen and oxygen atoms in total. The van der Waals surface area contributed by atoms with Crippen molar-refractivity contribution in [2.24, 2.45) is 22.2 Å². The van der Waals surface area contributed by atoms with Crippen molar-refractivity contribution in [3.63, 3.8) is 0 Å². The van der Waals surface area contributed by atoms with Gasteiger partial charge in [-0.25, -0.2) is 9.59 Å². The quantitative estimate of drug-likeness (QED) is 0.0317. The number of hydrogen-bond acceptors (Lipinski definition) is 9. The maximum absolute atomic E-state index is 13.3. The zero-order valence-corrected chi connectivity index (χ0v) is 27.0. The highest BCUT2D eigenvalue weighted by atomic mass is 19.4. The molecule has 48 heavy (non-hydrogen) atoms. The van der Waals surface area contributed by atoms with Crippen molar-refractivity contribution in [3.8, 4) is 0 Å². The number of aliphatic imine (C=N–C) groups is 1. The van der Waals surface area contributed by atoms with E-state index in [0.717, 1.165) is 6.08 Å². The van der Waals surface area contributed by atoms with E-state index in [0.29, 0.717) is 38.8 Å². The number of amides is 5. The van der Waals surface area contributed by atoms with Crippen LogP contribution in [0.3, 0.4) is 0 Å². The maximum Gasteiger partial charge on any atom is 0.490 e. The lowest BCUT2D eigenvalue weighted by atomic mass is 10.1. The monoisotopic (exact) mass is 694 g/mol. The largest absolute Gasteiger partial charge is 0.490 e. The van der Waals surface area contributed by atoms with Crippen LogP contribution in [0.2, 0.25) is 0 Å². The second kappa shape index (κ2) is 21.8. The normalized spacial score (nSPS) is 16.0. The minimum Gasteiger partial charge on any atom is -0.475 e. The van der Waals surface area contributed by atoms with Crippen molar-refractivity contribution in [3.05, 3.63) is 12.2 Å².